The van der Waals surface area contributed by atoms with Gasteiger partial charge < -0.3 is 4.74 Å². The maximum Gasteiger partial charge on any atom is 0.339 e. The van der Waals surface area contributed by atoms with Crippen LogP contribution in [-0.4, -0.2) is 35.2 Å². The SMILES string of the molecule is Cc1cccc2c(C(=O)OCC(=O)c3ccc(Cl)cc3)cc(-c3ccc(N4C(=O)C5CC=CC(C)C5C4=O)cc3)nc12. The van der Waals surface area contributed by atoms with E-state index >= 15 is 0 Å². The molecule has 0 bridgehead atoms. The fraction of sp³-hybridized carbons (Fsp3) is 0.206. The Morgan fingerprint density at radius 1 is 1.00 bits per heavy atom. The Bertz CT molecular complexity index is 1780. The minimum absolute atomic E-state index is 0.00849. The number of carbonyl (C=O) groups is 4. The van der Waals surface area contributed by atoms with Gasteiger partial charge in [0.15, 0.2) is 12.4 Å². The highest BCUT2D eigenvalue weighted by Crippen LogP contribution is 2.40. The van der Waals surface area contributed by atoms with Crippen molar-refractivity contribution in [3.8, 4) is 11.3 Å². The molecule has 1 saturated heterocycles. The first kappa shape index (κ1) is 27.5. The summed E-state index contributed by atoms with van der Waals surface area (Å²) in [5, 5.41) is 1.11. The van der Waals surface area contributed by atoms with E-state index in [1.165, 1.54) is 4.90 Å². The minimum atomic E-state index is -0.647. The molecule has 3 unspecified atom stereocenters. The van der Waals surface area contributed by atoms with E-state index in [-0.39, 0.29) is 40.9 Å². The number of ether oxygens (including phenoxy) is 1. The molecule has 2 aliphatic rings. The average Bonchev–Trinajstić information content (AvgIpc) is 3.26. The van der Waals surface area contributed by atoms with E-state index in [9.17, 15) is 19.2 Å². The highest BCUT2D eigenvalue weighted by molar-refractivity contribution is 6.30. The number of aromatic nitrogens is 1. The number of imide groups is 1. The van der Waals surface area contributed by atoms with E-state index in [0.29, 0.717) is 44.9 Å². The third kappa shape index (κ3) is 4.90. The lowest BCUT2D eigenvalue weighted by Gasteiger charge is -2.22. The Morgan fingerprint density at radius 3 is 2.45 bits per heavy atom. The molecule has 8 heteroatoms. The first-order valence-corrected chi connectivity index (χ1v) is 14.1. The second kappa shape index (κ2) is 11.0. The smallest absolute Gasteiger partial charge is 0.339 e. The molecule has 7 nitrogen and oxygen atoms in total. The molecule has 0 N–H and O–H groups in total. The summed E-state index contributed by atoms with van der Waals surface area (Å²) in [6.07, 6.45) is 4.55. The van der Waals surface area contributed by atoms with Crippen LogP contribution in [0.5, 0.6) is 0 Å². The van der Waals surface area contributed by atoms with Crippen molar-refractivity contribution in [2.45, 2.75) is 20.3 Å². The molecule has 1 aromatic heterocycles. The molecule has 6 rings (SSSR count). The van der Waals surface area contributed by atoms with Gasteiger partial charge in [-0.05, 0) is 67.3 Å². The molecule has 1 aliphatic carbocycles. The maximum atomic E-state index is 13.3. The number of benzene rings is 3. The van der Waals surface area contributed by atoms with E-state index in [2.05, 4.69) is 0 Å². The Hall–Kier alpha value is -4.62. The van der Waals surface area contributed by atoms with Gasteiger partial charge in [-0.2, -0.15) is 0 Å². The molecule has 42 heavy (non-hydrogen) atoms. The number of fused-ring (bicyclic) bond motifs is 2. The van der Waals surface area contributed by atoms with E-state index in [0.717, 1.165) is 5.56 Å². The number of pyridine rings is 1. The largest absolute Gasteiger partial charge is 0.454 e. The first-order valence-electron chi connectivity index (χ1n) is 13.7. The number of aryl methyl sites for hydroxylation is 1. The summed E-state index contributed by atoms with van der Waals surface area (Å²) >= 11 is 5.91. The van der Waals surface area contributed by atoms with Gasteiger partial charge in [0.1, 0.15) is 0 Å². The van der Waals surface area contributed by atoms with Crippen molar-refractivity contribution in [3.63, 3.8) is 0 Å². The first-order chi connectivity index (χ1) is 20.2. The third-order valence-electron chi connectivity index (χ3n) is 8.06. The molecular weight excluding hydrogens is 552 g/mol. The minimum Gasteiger partial charge on any atom is -0.454 e. The van der Waals surface area contributed by atoms with Crippen LogP contribution < -0.4 is 4.90 Å². The number of anilines is 1. The molecule has 1 aliphatic heterocycles. The van der Waals surface area contributed by atoms with Crippen LogP contribution in [0.25, 0.3) is 22.2 Å². The van der Waals surface area contributed by atoms with Gasteiger partial charge in [-0.1, -0.05) is 61.0 Å². The summed E-state index contributed by atoms with van der Waals surface area (Å²) in [5.41, 5.74) is 3.89. The normalized spacial score (nSPS) is 19.7. The summed E-state index contributed by atoms with van der Waals surface area (Å²) in [7, 11) is 0. The number of hydrogen-bond acceptors (Lipinski definition) is 6. The molecular formula is C34H27ClN2O5. The predicted octanol–water partition coefficient (Wildman–Crippen LogP) is 6.60. The number of halogens is 1. The van der Waals surface area contributed by atoms with Gasteiger partial charge in [0.05, 0.1) is 34.3 Å². The van der Waals surface area contributed by atoms with Crippen LogP contribution >= 0.6 is 11.6 Å². The topological polar surface area (TPSA) is 93.6 Å². The van der Waals surface area contributed by atoms with Gasteiger partial charge >= 0.3 is 5.97 Å². The van der Waals surface area contributed by atoms with Crippen LogP contribution in [0.1, 0.15) is 39.6 Å². The quantitative estimate of drug-likeness (QED) is 0.111. The Kier molecular flexibility index (Phi) is 7.21. The van der Waals surface area contributed by atoms with Gasteiger partial charge in [-0.15, -0.1) is 0 Å². The molecule has 0 spiro atoms. The molecule has 3 atom stereocenters. The van der Waals surface area contributed by atoms with E-state index in [4.69, 9.17) is 21.3 Å². The van der Waals surface area contributed by atoms with E-state index in [1.54, 1.807) is 60.7 Å². The summed E-state index contributed by atoms with van der Waals surface area (Å²) in [4.78, 5) is 58.4. The molecule has 0 radical (unpaired) electrons. The van der Waals surface area contributed by atoms with Crippen molar-refractivity contribution >= 4 is 51.8 Å². The number of amides is 2. The standard InChI is InChI=1S/C34H27ClN2O5/c1-19-5-3-8-26-30(19)33(40)37(32(26)39)24-15-11-21(12-16-24)28-17-27(25-7-4-6-20(2)31(25)36-28)34(41)42-18-29(38)22-9-13-23(35)14-10-22/h3-7,9-17,19,26,30H,8,18H2,1-2H3. The highest BCUT2D eigenvalue weighted by atomic mass is 35.5. The van der Waals surface area contributed by atoms with E-state index < -0.39 is 12.6 Å². The fourth-order valence-electron chi connectivity index (χ4n) is 5.82. The third-order valence-corrected chi connectivity index (χ3v) is 8.31. The second-order valence-electron chi connectivity index (χ2n) is 10.7. The number of esters is 1. The lowest BCUT2D eigenvalue weighted by atomic mass is 9.78. The average molecular weight is 579 g/mol. The number of rotatable bonds is 6. The van der Waals surface area contributed by atoms with Crippen molar-refractivity contribution in [2.24, 2.45) is 17.8 Å². The van der Waals surface area contributed by atoms with Gasteiger partial charge in [-0.3, -0.25) is 19.3 Å². The Morgan fingerprint density at radius 2 is 1.74 bits per heavy atom. The van der Waals surface area contributed by atoms with Crippen LogP contribution in [0.4, 0.5) is 5.69 Å². The molecule has 3 aromatic carbocycles. The Labute approximate surface area is 247 Å². The van der Waals surface area contributed by atoms with E-state index in [1.807, 2.05) is 38.1 Å². The summed E-state index contributed by atoms with van der Waals surface area (Å²) < 4.78 is 5.44. The maximum absolute atomic E-state index is 13.3. The summed E-state index contributed by atoms with van der Waals surface area (Å²) in [6.45, 7) is 3.45. The molecule has 210 valence electrons. The zero-order valence-corrected chi connectivity index (χ0v) is 23.8. The van der Waals surface area contributed by atoms with Crippen LogP contribution in [0, 0.1) is 24.7 Å². The number of hydrogen-bond donors (Lipinski definition) is 0. The number of nitrogens with zero attached hydrogens (tertiary/aromatic N) is 2. The fourth-order valence-corrected chi connectivity index (χ4v) is 5.95. The molecule has 0 saturated carbocycles. The number of para-hydroxylation sites is 1. The van der Waals surface area contributed by atoms with Crippen LogP contribution in [0.2, 0.25) is 5.02 Å². The Balaban J connectivity index is 1.29. The molecule has 4 aromatic rings. The van der Waals surface area contributed by atoms with Crippen molar-refractivity contribution in [2.75, 3.05) is 11.5 Å². The van der Waals surface area contributed by atoms with Gasteiger partial charge in [0.25, 0.3) is 0 Å². The zero-order chi connectivity index (χ0) is 29.5. The van der Waals surface area contributed by atoms with Crippen molar-refractivity contribution < 1.29 is 23.9 Å². The highest BCUT2D eigenvalue weighted by Gasteiger charge is 2.50. The summed E-state index contributed by atoms with van der Waals surface area (Å²) in [6, 6.07) is 20.6. The van der Waals surface area contributed by atoms with Gasteiger partial charge in [-0.25, -0.2) is 9.78 Å². The lowest BCUT2D eigenvalue weighted by Crippen LogP contribution is -2.31. The molecule has 1 fully saturated rings. The number of Topliss-reactive ketones (excluding diaryl/α,β-unsaturated/α-hetero) is 1. The van der Waals surface area contributed by atoms with Crippen molar-refractivity contribution in [1.29, 1.82) is 0 Å². The monoisotopic (exact) mass is 578 g/mol. The second-order valence-corrected chi connectivity index (χ2v) is 11.2. The van der Waals surface area contributed by atoms with Gasteiger partial charge in [0, 0.05) is 21.5 Å². The number of carbonyl (C=O) groups excluding carboxylic acids is 4. The van der Waals surface area contributed by atoms with Crippen molar-refractivity contribution in [1.82, 2.24) is 4.98 Å². The lowest BCUT2D eigenvalue weighted by molar-refractivity contribution is -0.122. The number of ketones is 1. The van der Waals surface area contributed by atoms with Gasteiger partial charge in [0.2, 0.25) is 11.8 Å². The molecule has 2 amide bonds. The number of allylic oxidation sites excluding steroid dienone is 2. The predicted molar refractivity (Wildman–Crippen MR) is 160 cm³/mol. The van der Waals surface area contributed by atoms with Crippen LogP contribution in [0.15, 0.2) is 84.9 Å². The summed E-state index contributed by atoms with van der Waals surface area (Å²) in [5.74, 6) is -2.00. The van der Waals surface area contributed by atoms with Crippen LogP contribution in [0.3, 0.4) is 0 Å². The van der Waals surface area contributed by atoms with Crippen molar-refractivity contribution in [3.05, 3.63) is 107 Å². The van der Waals surface area contributed by atoms with Crippen LogP contribution in [-0.2, 0) is 14.3 Å². The zero-order valence-electron chi connectivity index (χ0n) is 23.0. The molecule has 2 heterocycles.